The topological polar surface area (TPSA) is 12.0 Å². The van der Waals surface area contributed by atoms with Gasteiger partial charge in [-0.1, -0.05) is 44.7 Å². The minimum absolute atomic E-state index is 1.15. The fourth-order valence-corrected chi connectivity index (χ4v) is 2.74. The fourth-order valence-electron chi connectivity index (χ4n) is 2.74. The molecular weight excluding hydrogens is 206 g/mol. The molecule has 1 aliphatic heterocycles. The van der Waals surface area contributed by atoms with Crippen molar-refractivity contribution in [2.75, 3.05) is 11.9 Å². The van der Waals surface area contributed by atoms with Crippen molar-refractivity contribution in [2.24, 2.45) is 0 Å². The van der Waals surface area contributed by atoms with E-state index in [2.05, 4.69) is 30.4 Å². The molecule has 1 heteroatoms. The van der Waals surface area contributed by atoms with Gasteiger partial charge < -0.3 is 5.32 Å². The number of hydrogen-bond acceptors (Lipinski definition) is 1. The Bertz CT molecular complexity index is 343. The zero-order valence-corrected chi connectivity index (χ0v) is 11.1. The van der Waals surface area contributed by atoms with Crippen molar-refractivity contribution >= 4 is 5.69 Å². The Morgan fingerprint density at radius 1 is 1.12 bits per heavy atom. The quantitative estimate of drug-likeness (QED) is 0.708. The number of fused-ring (bicyclic) bond motifs is 1. The van der Waals surface area contributed by atoms with Crippen LogP contribution in [0.1, 0.15) is 56.6 Å². The van der Waals surface area contributed by atoms with Crippen LogP contribution in [-0.4, -0.2) is 6.54 Å². The summed E-state index contributed by atoms with van der Waals surface area (Å²) in [5, 5.41) is 3.51. The van der Waals surface area contributed by atoms with Gasteiger partial charge in [0, 0.05) is 12.2 Å². The highest BCUT2D eigenvalue weighted by Crippen LogP contribution is 2.26. The van der Waals surface area contributed by atoms with Crippen molar-refractivity contribution in [2.45, 2.75) is 58.3 Å². The average molecular weight is 231 g/mol. The summed E-state index contributed by atoms with van der Waals surface area (Å²) in [6.07, 6.45) is 10.7. The second-order valence-corrected chi connectivity index (χ2v) is 5.14. The van der Waals surface area contributed by atoms with E-state index in [0.29, 0.717) is 0 Å². The molecule has 17 heavy (non-hydrogen) atoms. The Morgan fingerprint density at radius 3 is 2.88 bits per heavy atom. The van der Waals surface area contributed by atoms with Crippen molar-refractivity contribution in [3.8, 4) is 0 Å². The van der Waals surface area contributed by atoms with Crippen LogP contribution in [0.15, 0.2) is 18.2 Å². The van der Waals surface area contributed by atoms with E-state index in [4.69, 9.17) is 0 Å². The molecule has 1 heterocycles. The Labute approximate surface area is 106 Å². The lowest BCUT2D eigenvalue weighted by molar-refractivity contribution is 0.630. The van der Waals surface area contributed by atoms with Gasteiger partial charge in [-0.3, -0.25) is 0 Å². The summed E-state index contributed by atoms with van der Waals surface area (Å²) in [5.41, 5.74) is 4.57. The minimum Gasteiger partial charge on any atom is -0.385 e. The van der Waals surface area contributed by atoms with E-state index in [9.17, 15) is 0 Å². The normalized spacial score (nSPS) is 14.2. The number of anilines is 1. The Balaban J connectivity index is 1.87. The van der Waals surface area contributed by atoms with Gasteiger partial charge in [0.25, 0.3) is 0 Å². The molecule has 94 valence electrons. The highest BCUT2D eigenvalue weighted by molar-refractivity contribution is 5.56. The van der Waals surface area contributed by atoms with Crippen molar-refractivity contribution in [3.63, 3.8) is 0 Å². The molecule has 0 atom stereocenters. The van der Waals surface area contributed by atoms with E-state index in [1.54, 1.807) is 11.1 Å². The van der Waals surface area contributed by atoms with E-state index in [-0.39, 0.29) is 0 Å². The molecule has 0 saturated carbocycles. The van der Waals surface area contributed by atoms with Crippen molar-refractivity contribution in [1.82, 2.24) is 0 Å². The third kappa shape index (κ3) is 3.49. The monoisotopic (exact) mass is 231 g/mol. The molecule has 1 aromatic carbocycles. The molecule has 0 unspecified atom stereocenters. The SMILES string of the molecule is CCCCCCCc1cccc2c1CCCN2. The van der Waals surface area contributed by atoms with E-state index in [1.807, 2.05) is 0 Å². The molecule has 0 fully saturated rings. The fraction of sp³-hybridized carbons (Fsp3) is 0.625. The van der Waals surface area contributed by atoms with Crippen LogP contribution in [0.2, 0.25) is 0 Å². The predicted octanol–water partition coefficient (Wildman–Crippen LogP) is 4.56. The molecule has 0 aliphatic carbocycles. The van der Waals surface area contributed by atoms with Crippen LogP contribution in [-0.2, 0) is 12.8 Å². The van der Waals surface area contributed by atoms with Crippen LogP contribution in [0.4, 0.5) is 5.69 Å². The van der Waals surface area contributed by atoms with Gasteiger partial charge in [0.1, 0.15) is 0 Å². The highest BCUT2D eigenvalue weighted by Gasteiger charge is 2.11. The Kier molecular flexibility index (Phi) is 4.90. The molecule has 1 nitrogen and oxygen atoms in total. The number of unbranched alkanes of at least 4 members (excludes halogenated alkanes) is 4. The van der Waals surface area contributed by atoms with Crippen LogP contribution >= 0.6 is 0 Å². The molecule has 0 aromatic heterocycles. The second kappa shape index (κ2) is 6.68. The number of aryl methyl sites for hydroxylation is 1. The lowest BCUT2D eigenvalue weighted by atomic mass is 9.94. The number of rotatable bonds is 6. The largest absolute Gasteiger partial charge is 0.385 e. The first-order valence-corrected chi connectivity index (χ1v) is 7.26. The molecule has 2 rings (SSSR count). The molecular formula is C16H25N. The third-order valence-electron chi connectivity index (χ3n) is 3.74. The summed E-state index contributed by atoms with van der Waals surface area (Å²) in [7, 11) is 0. The van der Waals surface area contributed by atoms with Gasteiger partial charge in [-0.15, -0.1) is 0 Å². The van der Waals surface area contributed by atoms with Crippen molar-refractivity contribution < 1.29 is 0 Å². The van der Waals surface area contributed by atoms with Gasteiger partial charge in [-0.2, -0.15) is 0 Å². The van der Waals surface area contributed by atoms with Gasteiger partial charge in [0.15, 0.2) is 0 Å². The number of hydrogen-bond donors (Lipinski definition) is 1. The third-order valence-corrected chi connectivity index (χ3v) is 3.74. The van der Waals surface area contributed by atoms with Crippen LogP contribution in [0.25, 0.3) is 0 Å². The lowest BCUT2D eigenvalue weighted by Crippen LogP contribution is -2.13. The zero-order chi connectivity index (χ0) is 11.9. The molecule has 1 aromatic rings. The second-order valence-electron chi connectivity index (χ2n) is 5.14. The summed E-state index contributed by atoms with van der Waals surface area (Å²) in [6, 6.07) is 6.76. The molecule has 1 aliphatic rings. The summed E-state index contributed by atoms with van der Waals surface area (Å²) in [6.45, 7) is 3.42. The first kappa shape index (κ1) is 12.5. The van der Waals surface area contributed by atoms with Gasteiger partial charge in [0.05, 0.1) is 0 Å². The van der Waals surface area contributed by atoms with E-state index < -0.39 is 0 Å². The maximum atomic E-state index is 3.51. The summed E-state index contributed by atoms with van der Waals surface area (Å²) < 4.78 is 0. The Morgan fingerprint density at radius 2 is 2.00 bits per heavy atom. The predicted molar refractivity (Wildman–Crippen MR) is 75.7 cm³/mol. The maximum Gasteiger partial charge on any atom is 0.0375 e. The smallest absolute Gasteiger partial charge is 0.0375 e. The molecule has 0 bridgehead atoms. The Hall–Kier alpha value is -0.980. The van der Waals surface area contributed by atoms with Crippen LogP contribution in [0.3, 0.4) is 0 Å². The van der Waals surface area contributed by atoms with Gasteiger partial charge >= 0.3 is 0 Å². The van der Waals surface area contributed by atoms with Crippen LogP contribution in [0, 0.1) is 0 Å². The molecule has 0 spiro atoms. The zero-order valence-electron chi connectivity index (χ0n) is 11.1. The number of benzene rings is 1. The van der Waals surface area contributed by atoms with Crippen LogP contribution in [0.5, 0.6) is 0 Å². The molecule has 0 radical (unpaired) electrons. The van der Waals surface area contributed by atoms with E-state index in [0.717, 1.165) is 6.54 Å². The van der Waals surface area contributed by atoms with E-state index in [1.165, 1.54) is 57.1 Å². The van der Waals surface area contributed by atoms with Gasteiger partial charge in [-0.25, -0.2) is 0 Å². The van der Waals surface area contributed by atoms with Gasteiger partial charge in [-0.05, 0) is 42.9 Å². The number of nitrogens with one attached hydrogen (secondary N) is 1. The van der Waals surface area contributed by atoms with E-state index >= 15 is 0 Å². The summed E-state index contributed by atoms with van der Waals surface area (Å²) in [4.78, 5) is 0. The maximum absolute atomic E-state index is 3.51. The molecule has 0 amide bonds. The first-order chi connectivity index (χ1) is 8.42. The van der Waals surface area contributed by atoms with Crippen LogP contribution < -0.4 is 5.32 Å². The highest BCUT2D eigenvalue weighted by atomic mass is 14.9. The van der Waals surface area contributed by atoms with Gasteiger partial charge in [0.2, 0.25) is 0 Å². The standard InChI is InChI=1S/C16H25N/c1-2-3-4-5-6-9-14-10-7-12-16-15(14)11-8-13-17-16/h7,10,12,17H,2-6,8-9,11,13H2,1H3. The molecule has 0 saturated heterocycles. The first-order valence-electron chi connectivity index (χ1n) is 7.26. The average Bonchev–Trinajstić information content (AvgIpc) is 2.39. The summed E-state index contributed by atoms with van der Waals surface area (Å²) in [5.74, 6) is 0. The lowest BCUT2D eigenvalue weighted by Gasteiger charge is -2.21. The summed E-state index contributed by atoms with van der Waals surface area (Å²) >= 11 is 0. The molecule has 1 N–H and O–H groups in total. The minimum atomic E-state index is 1.15. The van der Waals surface area contributed by atoms with Crippen molar-refractivity contribution in [1.29, 1.82) is 0 Å². The van der Waals surface area contributed by atoms with Crippen molar-refractivity contribution in [3.05, 3.63) is 29.3 Å².